The fourth-order valence-corrected chi connectivity index (χ4v) is 1.10. The summed E-state index contributed by atoms with van der Waals surface area (Å²) in [5, 5.41) is 0. The summed E-state index contributed by atoms with van der Waals surface area (Å²) in [4.78, 5) is 10.6. The molecule has 0 heterocycles. The Kier molecular flexibility index (Phi) is 3.46. The molecule has 0 spiro atoms. The summed E-state index contributed by atoms with van der Waals surface area (Å²) in [6, 6.07) is 0. The fraction of sp³-hybridized carbons (Fsp3) is 0.300. The second-order valence-electron chi connectivity index (χ2n) is 2.83. The number of rotatable bonds is 3. The van der Waals surface area contributed by atoms with E-state index in [4.69, 9.17) is 10.5 Å². The second kappa shape index (κ2) is 4.62. The molecule has 0 saturated carbocycles. The molecule has 1 aliphatic rings. The maximum Gasteiger partial charge on any atom is 0.221 e. The van der Waals surface area contributed by atoms with Crippen molar-refractivity contribution >= 4 is 5.91 Å². The first-order valence-corrected chi connectivity index (χ1v) is 4.09. The van der Waals surface area contributed by atoms with Gasteiger partial charge in [0.25, 0.3) is 0 Å². The minimum Gasteiger partial charge on any atom is -0.373 e. The molecule has 1 unspecified atom stereocenters. The minimum atomic E-state index is -0.319. The molecule has 0 bridgehead atoms. The molecule has 0 fully saturated rings. The molecule has 1 atom stereocenters. The highest BCUT2D eigenvalue weighted by Crippen LogP contribution is 2.09. The van der Waals surface area contributed by atoms with Crippen molar-refractivity contribution in [1.82, 2.24) is 0 Å². The van der Waals surface area contributed by atoms with E-state index in [-0.39, 0.29) is 18.4 Å². The zero-order valence-electron chi connectivity index (χ0n) is 7.57. The Hall–Kier alpha value is -1.35. The largest absolute Gasteiger partial charge is 0.373 e. The predicted octanol–water partition coefficient (Wildman–Crippen LogP) is 0.929. The third kappa shape index (κ3) is 3.25. The van der Waals surface area contributed by atoms with Crippen molar-refractivity contribution in [3.63, 3.8) is 0 Å². The monoisotopic (exact) mass is 179 g/mol. The molecule has 1 amide bonds. The maximum atomic E-state index is 10.6. The van der Waals surface area contributed by atoms with E-state index in [0.717, 1.165) is 5.57 Å². The van der Waals surface area contributed by atoms with E-state index in [1.54, 1.807) is 7.11 Å². The Morgan fingerprint density at radius 1 is 1.62 bits per heavy atom. The molecule has 13 heavy (non-hydrogen) atoms. The van der Waals surface area contributed by atoms with Crippen LogP contribution in [0.1, 0.15) is 6.42 Å². The molecular weight excluding hydrogens is 166 g/mol. The van der Waals surface area contributed by atoms with Crippen molar-refractivity contribution in [2.24, 2.45) is 5.73 Å². The van der Waals surface area contributed by atoms with Gasteiger partial charge in [-0.1, -0.05) is 30.4 Å². The molecule has 0 aromatic heterocycles. The first kappa shape index (κ1) is 9.74. The van der Waals surface area contributed by atoms with E-state index in [2.05, 4.69) is 0 Å². The molecule has 0 saturated heterocycles. The number of methoxy groups -OCH3 is 1. The lowest BCUT2D eigenvalue weighted by molar-refractivity contribution is -0.117. The van der Waals surface area contributed by atoms with Crippen LogP contribution in [-0.2, 0) is 9.53 Å². The number of hydrogen-bond acceptors (Lipinski definition) is 2. The Morgan fingerprint density at radius 3 is 3.00 bits per heavy atom. The van der Waals surface area contributed by atoms with E-state index in [9.17, 15) is 4.79 Å². The van der Waals surface area contributed by atoms with E-state index in [1.807, 2.05) is 30.4 Å². The highest BCUT2D eigenvalue weighted by molar-refractivity contribution is 5.77. The zero-order valence-corrected chi connectivity index (χ0v) is 7.57. The quantitative estimate of drug-likeness (QED) is 0.700. The predicted molar refractivity (Wildman–Crippen MR) is 51.0 cm³/mol. The van der Waals surface area contributed by atoms with Crippen LogP contribution in [0.3, 0.4) is 0 Å². The summed E-state index contributed by atoms with van der Waals surface area (Å²) in [5.41, 5.74) is 5.98. The number of carbonyl (C=O) groups is 1. The van der Waals surface area contributed by atoms with Crippen molar-refractivity contribution in [2.45, 2.75) is 12.5 Å². The van der Waals surface area contributed by atoms with E-state index >= 15 is 0 Å². The van der Waals surface area contributed by atoms with Gasteiger partial charge in [-0.15, -0.1) is 0 Å². The molecular formula is C10H13NO2. The third-order valence-corrected chi connectivity index (χ3v) is 1.76. The Bertz CT molecular complexity index is 277. The SMILES string of the molecule is COC1C=CC=C(CC(N)=O)C=C1. The summed E-state index contributed by atoms with van der Waals surface area (Å²) >= 11 is 0. The van der Waals surface area contributed by atoms with Gasteiger partial charge in [0.1, 0.15) is 0 Å². The van der Waals surface area contributed by atoms with Gasteiger partial charge in [0, 0.05) is 7.11 Å². The second-order valence-corrected chi connectivity index (χ2v) is 2.83. The molecule has 3 nitrogen and oxygen atoms in total. The van der Waals surface area contributed by atoms with E-state index in [1.165, 1.54) is 0 Å². The first-order chi connectivity index (χ1) is 6.22. The molecule has 0 aromatic rings. The molecule has 0 aromatic carbocycles. The number of ether oxygens (including phenoxy) is 1. The van der Waals surface area contributed by atoms with Crippen molar-refractivity contribution in [3.8, 4) is 0 Å². The minimum absolute atomic E-state index is 0.0124. The van der Waals surface area contributed by atoms with Crippen LogP contribution in [0.5, 0.6) is 0 Å². The summed E-state index contributed by atoms with van der Waals surface area (Å²) in [6.45, 7) is 0. The van der Waals surface area contributed by atoms with Crippen LogP contribution in [0.15, 0.2) is 36.0 Å². The molecule has 0 radical (unpaired) electrons. The van der Waals surface area contributed by atoms with Crippen molar-refractivity contribution in [2.75, 3.05) is 7.11 Å². The van der Waals surface area contributed by atoms with Gasteiger partial charge >= 0.3 is 0 Å². The van der Waals surface area contributed by atoms with Crippen LogP contribution < -0.4 is 5.73 Å². The van der Waals surface area contributed by atoms with E-state index < -0.39 is 0 Å². The van der Waals surface area contributed by atoms with Crippen molar-refractivity contribution < 1.29 is 9.53 Å². The zero-order chi connectivity index (χ0) is 9.68. The van der Waals surface area contributed by atoms with Gasteiger partial charge in [-0.3, -0.25) is 4.79 Å². The molecule has 70 valence electrons. The van der Waals surface area contributed by atoms with Gasteiger partial charge in [-0.05, 0) is 5.57 Å². The van der Waals surface area contributed by atoms with Crippen LogP contribution in [0.25, 0.3) is 0 Å². The number of amides is 1. The Morgan fingerprint density at radius 2 is 2.38 bits per heavy atom. The summed E-state index contributed by atoms with van der Waals surface area (Å²) < 4.78 is 5.10. The van der Waals surface area contributed by atoms with Gasteiger partial charge in [0.05, 0.1) is 12.5 Å². The first-order valence-electron chi connectivity index (χ1n) is 4.09. The number of carbonyl (C=O) groups excluding carboxylic acids is 1. The average Bonchev–Trinajstić information content (AvgIpc) is 2.29. The Balaban J connectivity index is 2.64. The van der Waals surface area contributed by atoms with Crippen molar-refractivity contribution in [3.05, 3.63) is 36.0 Å². The lowest BCUT2D eigenvalue weighted by Crippen LogP contribution is -2.10. The van der Waals surface area contributed by atoms with Crippen molar-refractivity contribution in [1.29, 1.82) is 0 Å². The molecule has 3 heteroatoms. The number of hydrogen-bond donors (Lipinski definition) is 1. The number of nitrogens with two attached hydrogens (primary N) is 1. The molecule has 1 aliphatic carbocycles. The van der Waals surface area contributed by atoms with Gasteiger partial charge in [-0.2, -0.15) is 0 Å². The normalized spacial score (nSPS) is 21.0. The standard InChI is InChI=1S/C10H13NO2/c1-13-9-4-2-3-8(5-6-9)7-10(11)12/h2-6,9H,7H2,1H3,(H2,11,12). The lowest BCUT2D eigenvalue weighted by atomic mass is 10.1. The summed E-state index contributed by atoms with van der Waals surface area (Å²) in [6.07, 6.45) is 9.65. The molecule has 2 N–H and O–H groups in total. The lowest BCUT2D eigenvalue weighted by Gasteiger charge is -2.01. The smallest absolute Gasteiger partial charge is 0.221 e. The summed E-state index contributed by atoms with van der Waals surface area (Å²) in [7, 11) is 1.64. The van der Waals surface area contributed by atoms with Gasteiger partial charge in [0.2, 0.25) is 5.91 Å². The van der Waals surface area contributed by atoms with Gasteiger partial charge < -0.3 is 10.5 Å². The number of primary amides is 1. The van der Waals surface area contributed by atoms with Crippen LogP contribution in [-0.4, -0.2) is 19.1 Å². The highest BCUT2D eigenvalue weighted by Gasteiger charge is 2.02. The Labute approximate surface area is 77.6 Å². The highest BCUT2D eigenvalue weighted by atomic mass is 16.5. The molecule has 0 aliphatic heterocycles. The van der Waals surface area contributed by atoms with Gasteiger partial charge in [0.15, 0.2) is 0 Å². The van der Waals surface area contributed by atoms with Crippen LogP contribution in [0.4, 0.5) is 0 Å². The van der Waals surface area contributed by atoms with Crippen LogP contribution >= 0.6 is 0 Å². The van der Waals surface area contributed by atoms with Gasteiger partial charge in [-0.25, -0.2) is 0 Å². The summed E-state index contributed by atoms with van der Waals surface area (Å²) in [5.74, 6) is -0.319. The fourth-order valence-electron chi connectivity index (χ4n) is 1.10. The van der Waals surface area contributed by atoms with Crippen LogP contribution in [0, 0.1) is 0 Å². The maximum absolute atomic E-state index is 10.6. The third-order valence-electron chi connectivity index (χ3n) is 1.76. The average molecular weight is 179 g/mol. The van der Waals surface area contributed by atoms with E-state index in [0.29, 0.717) is 0 Å². The topological polar surface area (TPSA) is 52.3 Å². The van der Waals surface area contributed by atoms with Crippen LogP contribution in [0.2, 0.25) is 0 Å². The number of allylic oxidation sites excluding steroid dienone is 3. The molecule has 1 rings (SSSR count).